The molecule has 0 spiro atoms. The number of nitrogens with zero attached hydrogens (tertiary/aromatic N) is 3. The Morgan fingerprint density at radius 2 is 2.14 bits per heavy atom. The number of amides is 1. The van der Waals surface area contributed by atoms with E-state index in [2.05, 4.69) is 36.2 Å². The van der Waals surface area contributed by atoms with Crippen LogP contribution in [0.5, 0.6) is 0 Å². The second-order valence-corrected chi connectivity index (χ2v) is 6.43. The number of pyridine rings is 1. The Balaban J connectivity index is 2.09. The molecule has 1 N–H and O–H groups in total. The standard InChI is InChI=1S/C16H22N4O/c1-16(2,3)8-14(21)18-9-12-6-5-7-17-15(12)13-10-19-20(4)11-13/h5-7,10-11H,8-9H2,1-4H3,(H,18,21). The summed E-state index contributed by atoms with van der Waals surface area (Å²) in [4.78, 5) is 16.3. The number of hydrogen-bond acceptors (Lipinski definition) is 3. The summed E-state index contributed by atoms with van der Waals surface area (Å²) >= 11 is 0. The van der Waals surface area contributed by atoms with Crippen molar-refractivity contribution in [3.05, 3.63) is 36.3 Å². The minimum Gasteiger partial charge on any atom is -0.352 e. The van der Waals surface area contributed by atoms with Crippen LogP contribution in [-0.4, -0.2) is 20.7 Å². The van der Waals surface area contributed by atoms with Gasteiger partial charge in [-0.25, -0.2) is 0 Å². The molecule has 0 radical (unpaired) electrons. The van der Waals surface area contributed by atoms with Gasteiger partial charge >= 0.3 is 0 Å². The van der Waals surface area contributed by atoms with Crippen molar-refractivity contribution in [2.24, 2.45) is 12.5 Å². The molecule has 2 heterocycles. The maximum absolute atomic E-state index is 11.9. The van der Waals surface area contributed by atoms with E-state index in [9.17, 15) is 4.79 Å². The molecular weight excluding hydrogens is 264 g/mol. The Morgan fingerprint density at radius 1 is 1.38 bits per heavy atom. The highest BCUT2D eigenvalue weighted by atomic mass is 16.1. The van der Waals surface area contributed by atoms with Crippen LogP contribution in [0.4, 0.5) is 0 Å². The van der Waals surface area contributed by atoms with Gasteiger partial charge in [-0.15, -0.1) is 0 Å². The molecule has 0 fully saturated rings. The van der Waals surface area contributed by atoms with E-state index < -0.39 is 0 Å². The summed E-state index contributed by atoms with van der Waals surface area (Å²) < 4.78 is 1.74. The molecule has 0 aliphatic carbocycles. The van der Waals surface area contributed by atoms with E-state index in [0.717, 1.165) is 16.8 Å². The topological polar surface area (TPSA) is 59.8 Å². The largest absolute Gasteiger partial charge is 0.352 e. The third kappa shape index (κ3) is 4.41. The van der Waals surface area contributed by atoms with Gasteiger partial charge < -0.3 is 5.32 Å². The molecule has 112 valence electrons. The van der Waals surface area contributed by atoms with Crippen LogP contribution in [0.1, 0.15) is 32.8 Å². The van der Waals surface area contributed by atoms with Crippen molar-refractivity contribution in [1.29, 1.82) is 0 Å². The molecule has 2 aromatic rings. The van der Waals surface area contributed by atoms with Crippen molar-refractivity contribution in [1.82, 2.24) is 20.1 Å². The number of carbonyl (C=O) groups is 1. The van der Waals surface area contributed by atoms with Crippen LogP contribution in [0.3, 0.4) is 0 Å². The molecule has 1 amide bonds. The molecule has 0 bridgehead atoms. The number of hydrogen-bond donors (Lipinski definition) is 1. The Kier molecular flexibility index (Phi) is 4.40. The van der Waals surface area contributed by atoms with Gasteiger partial charge in [0.2, 0.25) is 5.91 Å². The van der Waals surface area contributed by atoms with E-state index in [1.54, 1.807) is 17.1 Å². The molecule has 21 heavy (non-hydrogen) atoms. The van der Waals surface area contributed by atoms with Crippen LogP contribution >= 0.6 is 0 Å². The van der Waals surface area contributed by atoms with Crippen molar-refractivity contribution in [2.75, 3.05) is 0 Å². The minimum absolute atomic E-state index is 0.00873. The maximum Gasteiger partial charge on any atom is 0.220 e. The van der Waals surface area contributed by atoms with E-state index in [1.807, 2.05) is 25.4 Å². The Bertz CT molecular complexity index is 625. The van der Waals surface area contributed by atoms with E-state index in [4.69, 9.17) is 0 Å². The van der Waals surface area contributed by atoms with Crippen molar-refractivity contribution in [2.45, 2.75) is 33.7 Å². The predicted molar refractivity (Wildman–Crippen MR) is 82.4 cm³/mol. The molecule has 2 rings (SSSR count). The zero-order valence-electron chi connectivity index (χ0n) is 13.1. The summed E-state index contributed by atoms with van der Waals surface area (Å²) in [5, 5.41) is 7.13. The lowest BCUT2D eigenvalue weighted by molar-refractivity contribution is -0.122. The molecule has 0 saturated carbocycles. The molecule has 2 aromatic heterocycles. The molecule has 0 atom stereocenters. The average molecular weight is 286 g/mol. The van der Waals surface area contributed by atoms with Gasteiger partial charge in [0.25, 0.3) is 0 Å². The molecule has 5 heteroatoms. The minimum atomic E-state index is -0.00873. The molecule has 0 unspecified atom stereocenters. The number of nitrogens with one attached hydrogen (secondary N) is 1. The highest BCUT2D eigenvalue weighted by Gasteiger charge is 2.16. The van der Waals surface area contributed by atoms with Gasteiger partial charge in [0.05, 0.1) is 11.9 Å². The predicted octanol–water partition coefficient (Wildman–Crippen LogP) is 2.53. The van der Waals surface area contributed by atoms with Crippen molar-refractivity contribution in [3.8, 4) is 11.3 Å². The van der Waals surface area contributed by atoms with E-state index in [1.165, 1.54) is 0 Å². The summed E-state index contributed by atoms with van der Waals surface area (Å²) in [6.45, 7) is 6.64. The first kappa shape index (κ1) is 15.2. The van der Waals surface area contributed by atoms with Crippen LogP contribution in [0.25, 0.3) is 11.3 Å². The summed E-state index contributed by atoms with van der Waals surface area (Å²) in [6.07, 6.45) is 5.96. The van der Waals surface area contributed by atoms with Gasteiger partial charge in [-0.1, -0.05) is 26.8 Å². The monoisotopic (exact) mass is 286 g/mol. The second-order valence-electron chi connectivity index (χ2n) is 6.43. The van der Waals surface area contributed by atoms with Crippen LogP contribution in [0.2, 0.25) is 0 Å². The van der Waals surface area contributed by atoms with Gasteiger partial charge in [0.1, 0.15) is 0 Å². The quantitative estimate of drug-likeness (QED) is 0.939. The first-order valence-electron chi connectivity index (χ1n) is 7.05. The summed E-state index contributed by atoms with van der Waals surface area (Å²) in [6, 6.07) is 3.86. The number of aromatic nitrogens is 3. The summed E-state index contributed by atoms with van der Waals surface area (Å²) in [5.74, 6) is 0.0588. The first-order valence-corrected chi connectivity index (χ1v) is 7.05. The Labute approximate surface area is 125 Å². The van der Waals surface area contributed by atoms with Gasteiger partial charge in [-0.05, 0) is 17.0 Å². The first-order chi connectivity index (χ1) is 9.85. The Morgan fingerprint density at radius 3 is 2.76 bits per heavy atom. The smallest absolute Gasteiger partial charge is 0.220 e. The number of rotatable bonds is 4. The normalized spacial score (nSPS) is 11.4. The Hall–Kier alpha value is -2.17. The lowest BCUT2D eigenvalue weighted by Gasteiger charge is -2.17. The fourth-order valence-corrected chi connectivity index (χ4v) is 2.12. The van der Waals surface area contributed by atoms with Crippen LogP contribution in [0, 0.1) is 5.41 Å². The second kappa shape index (κ2) is 6.08. The number of carbonyl (C=O) groups excluding carboxylic acids is 1. The van der Waals surface area contributed by atoms with Gasteiger partial charge in [-0.2, -0.15) is 5.10 Å². The number of aryl methyl sites for hydroxylation is 1. The molecule has 0 aliphatic rings. The average Bonchev–Trinajstić information content (AvgIpc) is 2.81. The van der Waals surface area contributed by atoms with Gasteiger partial charge in [0, 0.05) is 38.0 Å². The van der Waals surface area contributed by atoms with E-state index >= 15 is 0 Å². The third-order valence-corrected chi connectivity index (χ3v) is 3.04. The molecule has 0 aromatic carbocycles. The maximum atomic E-state index is 11.9. The van der Waals surface area contributed by atoms with Crippen molar-refractivity contribution >= 4 is 5.91 Å². The molecular formula is C16H22N4O. The fraction of sp³-hybridized carbons (Fsp3) is 0.438. The van der Waals surface area contributed by atoms with Crippen LogP contribution < -0.4 is 5.32 Å². The molecule has 5 nitrogen and oxygen atoms in total. The van der Waals surface area contributed by atoms with E-state index in [-0.39, 0.29) is 11.3 Å². The van der Waals surface area contributed by atoms with Crippen molar-refractivity contribution < 1.29 is 4.79 Å². The SMILES string of the molecule is Cn1cc(-c2ncccc2CNC(=O)CC(C)(C)C)cn1. The van der Waals surface area contributed by atoms with E-state index in [0.29, 0.717) is 13.0 Å². The van der Waals surface area contributed by atoms with Crippen LogP contribution in [-0.2, 0) is 18.4 Å². The zero-order chi connectivity index (χ0) is 15.5. The fourth-order valence-electron chi connectivity index (χ4n) is 2.12. The van der Waals surface area contributed by atoms with Crippen molar-refractivity contribution in [3.63, 3.8) is 0 Å². The third-order valence-electron chi connectivity index (χ3n) is 3.04. The summed E-state index contributed by atoms with van der Waals surface area (Å²) in [7, 11) is 1.87. The highest BCUT2D eigenvalue weighted by molar-refractivity contribution is 5.76. The van der Waals surface area contributed by atoms with Gasteiger partial charge in [-0.3, -0.25) is 14.5 Å². The molecule has 0 saturated heterocycles. The van der Waals surface area contributed by atoms with Gasteiger partial charge in [0.15, 0.2) is 0 Å². The zero-order valence-corrected chi connectivity index (χ0v) is 13.1. The summed E-state index contributed by atoms with van der Waals surface area (Å²) in [5.41, 5.74) is 2.80. The lowest BCUT2D eigenvalue weighted by Crippen LogP contribution is -2.27. The van der Waals surface area contributed by atoms with Crippen LogP contribution in [0.15, 0.2) is 30.7 Å². The highest BCUT2D eigenvalue weighted by Crippen LogP contribution is 2.21. The molecule has 0 aliphatic heterocycles. The lowest BCUT2D eigenvalue weighted by atomic mass is 9.92.